The van der Waals surface area contributed by atoms with Crippen molar-refractivity contribution in [3.63, 3.8) is 0 Å². The molecule has 0 spiro atoms. The van der Waals surface area contributed by atoms with Gasteiger partial charge in [-0.3, -0.25) is 0 Å². The van der Waals surface area contributed by atoms with Crippen molar-refractivity contribution in [2.75, 3.05) is 14.2 Å². The Morgan fingerprint density at radius 2 is 1.41 bits per heavy atom. The molecule has 0 aromatic heterocycles. The van der Waals surface area contributed by atoms with Gasteiger partial charge in [-0.25, -0.2) is 0 Å². The normalized spacial score (nSPS) is 12.4. The van der Waals surface area contributed by atoms with Gasteiger partial charge in [0.25, 0.3) is 0 Å². The highest BCUT2D eigenvalue weighted by molar-refractivity contribution is 5.44. The molecule has 0 aliphatic rings. The first-order valence-electron chi connectivity index (χ1n) is 4.41. The van der Waals surface area contributed by atoms with Gasteiger partial charge in [-0.2, -0.15) is 22.0 Å². The molecule has 0 amide bonds. The third-order valence-electron chi connectivity index (χ3n) is 2.10. The van der Waals surface area contributed by atoms with E-state index >= 15 is 0 Å². The summed E-state index contributed by atoms with van der Waals surface area (Å²) in [4.78, 5) is 0. The number of benzene rings is 1. The number of hydrogen-bond donors (Lipinski definition) is 0. The molecule has 1 aromatic rings. The second-order valence-electron chi connectivity index (χ2n) is 3.14. The standard InChI is InChI=1S/C10H9F5O2/c1-16-7-4-3-6(5-8(7)17-2)9(11,12)10(13,14)15/h3-5H,1-2H3. The second-order valence-corrected chi connectivity index (χ2v) is 3.14. The average molecular weight is 256 g/mol. The van der Waals surface area contributed by atoms with E-state index in [1.54, 1.807) is 0 Å². The van der Waals surface area contributed by atoms with Gasteiger partial charge in [-0.1, -0.05) is 0 Å². The summed E-state index contributed by atoms with van der Waals surface area (Å²) in [5, 5.41) is 0. The van der Waals surface area contributed by atoms with E-state index in [1.165, 1.54) is 7.11 Å². The molecule has 1 aromatic carbocycles. The molecule has 0 N–H and O–H groups in total. The lowest BCUT2D eigenvalue weighted by Gasteiger charge is -2.20. The zero-order chi connectivity index (χ0) is 13.3. The highest BCUT2D eigenvalue weighted by Crippen LogP contribution is 2.45. The van der Waals surface area contributed by atoms with Crippen molar-refractivity contribution in [3.05, 3.63) is 23.8 Å². The molecule has 0 heterocycles. The molecule has 0 unspecified atom stereocenters. The van der Waals surface area contributed by atoms with Gasteiger partial charge in [0.15, 0.2) is 11.5 Å². The monoisotopic (exact) mass is 256 g/mol. The zero-order valence-corrected chi connectivity index (χ0v) is 8.94. The summed E-state index contributed by atoms with van der Waals surface area (Å²) in [7, 11) is 2.40. The number of methoxy groups -OCH3 is 2. The maximum Gasteiger partial charge on any atom is 0.458 e. The molecule has 0 bridgehead atoms. The van der Waals surface area contributed by atoms with Crippen LogP contribution in [0.2, 0.25) is 0 Å². The molecule has 1 rings (SSSR count). The van der Waals surface area contributed by atoms with Crippen LogP contribution in [0.3, 0.4) is 0 Å². The lowest BCUT2D eigenvalue weighted by molar-refractivity contribution is -0.289. The van der Waals surface area contributed by atoms with Crippen LogP contribution in [0.4, 0.5) is 22.0 Å². The number of hydrogen-bond acceptors (Lipinski definition) is 2. The Kier molecular flexibility index (Phi) is 3.49. The first kappa shape index (κ1) is 13.5. The predicted molar refractivity (Wildman–Crippen MR) is 49.5 cm³/mol. The van der Waals surface area contributed by atoms with E-state index in [1.807, 2.05) is 0 Å². The van der Waals surface area contributed by atoms with Gasteiger partial charge in [0.05, 0.1) is 14.2 Å². The molecule has 0 fully saturated rings. The molecule has 0 atom stereocenters. The van der Waals surface area contributed by atoms with E-state index in [0.29, 0.717) is 12.1 Å². The van der Waals surface area contributed by atoms with Gasteiger partial charge >= 0.3 is 12.1 Å². The summed E-state index contributed by atoms with van der Waals surface area (Å²) in [6, 6.07) is 2.25. The average Bonchev–Trinajstić information content (AvgIpc) is 2.26. The van der Waals surface area contributed by atoms with Crippen molar-refractivity contribution >= 4 is 0 Å². The van der Waals surface area contributed by atoms with Crippen molar-refractivity contribution in [2.45, 2.75) is 12.1 Å². The Bertz CT molecular complexity index is 400. The van der Waals surface area contributed by atoms with Crippen molar-refractivity contribution in [2.24, 2.45) is 0 Å². The molecule has 17 heavy (non-hydrogen) atoms. The minimum absolute atomic E-state index is 0.0780. The van der Waals surface area contributed by atoms with E-state index in [-0.39, 0.29) is 11.5 Å². The second kappa shape index (κ2) is 4.38. The van der Waals surface area contributed by atoms with Crippen molar-refractivity contribution in [1.29, 1.82) is 0 Å². The third-order valence-corrected chi connectivity index (χ3v) is 2.10. The topological polar surface area (TPSA) is 18.5 Å². The van der Waals surface area contributed by atoms with E-state index in [2.05, 4.69) is 4.74 Å². The quantitative estimate of drug-likeness (QED) is 0.772. The summed E-state index contributed by atoms with van der Waals surface area (Å²) in [5.74, 6) is -5.03. The number of halogens is 5. The minimum Gasteiger partial charge on any atom is -0.493 e. The number of ether oxygens (including phenoxy) is 2. The van der Waals surface area contributed by atoms with E-state index in [9.17, 15) is 22.0 Å². The van der Waals surface area contributed by atoms with Gasteiger partial charge in [0, 0.05) is 5.56 Å². The molecule has 0 radical (unpaired) electrons. The molecular formula is C10H9F5O2. The lowest BCUT2D eigenvalue weighted by atomic mass is 10.1. The van der Waals surface area contributed by atoms with Gasteiger partial charge in [-0.15, -0.1) is 0 Å². The summed E-state index contributed by atoms with van der Waals surface area (Å²) in [6.45, 7) is 0. The van der Waals surface area contributed by atoms with Gasteiger partial charge in [-0.05, 0) is 18.2 Å². The summed E-state index contributed by atoms with van der Waals surface area (Å²) in [6.07, 6.45) is -5.65. The first-order chi connectivity index (χ1) is 7.74. The molecule has 96 valence electrons. The largest absolute Gasteiger partial charge is 0.493 e. The summed E-state index contributed by atoms with van der Waals surface area (Å²) in [5.41, 5.74) is -1.19. The van der Waals surface area contributed by atoms with Crippen LogP contribution < -0.4 is 9.47 Å². The minimum atomic E-state index is -5.65. The van der Waals surface area contributed by atoms with Crippen LogP contribution in [-0.2, 0) is 5.92 Å². The van der Waals surface area contributed by atoms with Gasteiger partial charge < -0.3 is 9.47 Å². The molecule has 0 aliphatic carbocycles. The number of alkyl halides is 5. The molecule has 7 heteroatoms. The third kappa shape index (κ3) is 2.42. The Labute approximate surface area is 93.9 Å². The van der Waals surface area contributed by atoms with Crippen molar-refractivity contribution in [3.8, 4) is 11.5 Å². The maximum absolute atomic E-state index is 13.0. The number of rotatable bonds is 3. The predicted octanol–water partition coefficient (Wildman–Crippen LogP) is 3.36. The smallest absolute Gasteiger partial charge is 0.458 e. The summed E-state index contributed by atoms with van der Waals surface area (Å²) < 4.78 is 71.7. The lowest BCUT2D eigenvalue weighted by Crippen LogP contribution is -2.33. The highest BCUT2D eigenvalue weighted by Gasteiger charge is 2.58. The van der Waals surface area contributed by atoms with Gasteiger partial charge in [0.1, 0.15) is 0 Å². The maximum atomic E-state index is 13.0. The van der Waals surface area contributed by atoms with Crippen LogP contribution >= 0.6 is 0 Å². The highest BCUT2D eigenvalue weighted by atomic mass is 19.4. The van der Waals surface area contributed by atoms with E-state index < -0.39 is 17.7 Å². The van der Waals surface area contributed by atoms with Crippen LogP contribution in [0.5, 0.6) is 11.5 Å². The van der Waals surface area contributed by atoms with Crippen LogP contribution in [0.25, 0.3) is 0 Å². The molecule has 0 saturated heterocycles. The Balaban J connectivity index is 3.25. The molecular weight excluding hydrogens is 247 g/mol. The fraction of sp³-hybridized carbons (Fsp3) is 0.400. The van der Waals surface area contributed by atoms with Crippen molar-refractivity contribution < 1.29 is 31.4 Å². The van der Waals surface area contributed by atoms with Crippen LogP contribution in [-0.4, -0.2) is 20.4 Å². The Morgan fingerprint density at radius 1 is 0.882 bits per heavy atom. The summed E-state index contributed by atoms with van der Waals surface area (Å²) >= 11 is 0. The van der Waals surface area contributed by atoms with Crippen LogP contribution in [0, 0.1) is 0 Å². The molecule has 0 aliphatic heterocycles. The molecule has 0 saturated carbocycles. The zero-order valence-electron chi connectivity index (χ0n) is 8.94. The fourth-order valence-electron chi connectivity index (χ4n) is 1.20. The Hall–Kier alpha value is -1.53. The molecule has 2 nitrogen and oxygen atoms in total. The van der Waals surface area contributed by atoms with Crippen LogP contribution in [0.1, 0.15) is 5.56 Å². The fourth-order valence-corrected chi connectivity index (χ4v) is 1.20. The Morgan fingerprint density at radius 3 is 1.82 bits per heavy atom. The SMILES string of the molecule is COc1ccc(C(F)(F)C(F)(F)F)cc1OC. The van der Waals surface area contributed by atoms with Crippen LogP contribution in [0.15, 0.2) is 18.2 Å². The van der Waals surface area contributed by atoms with Gasteiger partial charge in [0.2, 0.25) is 0 Å². The van der Waals surface area contributed by atoms with E-state index in [0.717, 1.165) is 13.2 Å². The van der Waals surface area contributed by atoms with E-state index in [4.69, 9.17) is 4.74 Å². The van der Waals surface area contributed by atoms with Crippen molar-refractivity contribution in [1.82, 2.24) is 0 Å². The first-order valence-corrected chi connectivity index (χ1v) is 4.41.